The molecule has 3 nitrogen and oxygen atoms in total. The predicted octanol–water partition coefficient (Wildman–Crippen LogP) is 0.644. The van der Waals surface area contributed by atoms with Gasteiger partial charge in [-0.2, -0.15) is 0 Å². The lowest BCUT2D eigenvalue weighted by atomic mass is 10.1. The van der Waals surface area contributed by atoms with Crippen LogP contribution in [-0.2, 0) is 4.79 Å². The van der Waals surface area contributed by atoms with Gasteiger partial charge < -0.3 is 10.2 Å². The largest absolute Gasteiger partial charge is 0.481 e. The minimum atomic E-state index is -0.981. The summed E-state index contributed by atoms with van der Waals surface area (Å²) >= 11 is 0. The summed E-state index contributed by atoms with van der Waals surface area (Å²) in [6.45, 7) is 3.20. The summed E-state index contributed by atoms with van der Waals surface area (Å²) in [6, 6.07) is 0. The quantitative estimate of drug-likeness (QED) is 0.571. The van der Waals surface area contributed by atoms with Crippen molar-refractivity contribution in [1.82, 2.24) is 0 Å². The number of aliphatic hydroxyl groups is 1. The van der Waals surface area contributed by atoms with Crippen LogP contribution in [0.1, 0.15) is 13.8 Å². The second kappa shape index (κ2) is 4.06. The van der Waals surface area contributed by atoms with Gasteiger partial charge in [-0.1, -0.05) is 12.2 Å². The Morgan fingerprint density at radius 2 is 2.10 bits per heavy atom. The van der Waals surface area contributed by atoms with E-state index in [1.165, 1.54) is 13.0 Å². The smallest absolute Gasteiger partial charge is 0.309 e. The monoisotopic (exact) mass is 144 g/mol. The molecule has 0 aromatic carbocycles. The van der Waals surface area contributed by atoms with E-state index in [-0.39, 0.29) is 0 Å². The third-order valence-corrected chi connectivity index (χ3v) is 1.29. The van der Waals surface area contributed by atoms with E-state index in [1.54, 1.807) is 13.0 Å². The first kappa shape index (κ1) is 9.17. The summed E-state index contributed by atoms with van der Waals surface area (Å²) in [7, 11) is 0. The third kappa shape index (κ3) is 2.64. The van der Waals surface area contributed by atoms with Crippen molar-refractivity contribution in [1.29, 1.82) is 0 Å². The first-order valence-electron chi connectivity index (χ1n) is 3.13. The van der Waals surface area contributed by atoms with Crippen molar-refractivity contribution in [2.45, 2.75) is 20.0 Å². The van der Waals surface area contributed by atoms with Crippen LogP contribution in [0.2, 0.25) is 0 Å². The predicted molar refractivity (Wildman–Crippen MR) is 37.6 cm³/mol. The molecule has 0 radical (unpaired) electrons. The number of hydrogen-bond donors (Lipinski definition) is 2. The Morgan fingerprint density at radius 1 is 1.60 bits per heavy atom. The highest BCUT2D eigenvalue weighted by atomic mass is 16.4. The summed E-state index contributed by atoms with van der Waals surface area (Å²) in [5.74, 6) is -1.71. The molecule has 0 aliphatic carbocycles. The zero-order chi connectivity index (χ0) is 8.15. The van der Waals surface area contributed by atoms with E-state index in [0.29, 0.717) is 0 Å². The average Bonchev–Trinajstić information content (AvgIpc) is 1.87. The summed E-state index contributed by atoms with van der Waals surface area (Å²) in [4.78, 5) is 10.2. The molecular formula is C7H12O3. The summed E-state index contributed by atoms with van der Waals surface area (Å²) in [6.07, 6.45) is 2.21. The first-order chi connectivity index (χ1) is 4.59. The van der Waals surface area contributed by atoms with Crippen molar-refractivity contribution in [3.8, 4) is 0 Å². The molecule has 2 N–H and O–H groups in total. The molecular weight excluding hydrogens is 132 g/mol. The van der Waals surface area contributed by atoms with E-state index >= 15 is 0 Å². The molecule has 0 spiro atoms. The van der Waals surface area contributed by atoms with Gasteiger partial charge in [-0.25, -0.2) is 0 Å². The van der Waals surface area contributed by atoms with E-state index in [0.717, 1.165) is 0 Å². The number of carboxylic acids is 1. The number of carbonyl (C=O) groups is 1. The van der Waals surface area contributed by atoms with Gasteiger partial charge in [-0.05, 0) is 13.8 Å². The summed E-state index contributed by atoms with van der Waals surface area (Å²) in [5, 5.41) is 17.4. The molecule has 0 fully saturated rings. The third-order valence-electron chi connectivity index (χ3n) is 1.29. The normalized spacial score (nSPS) is 17.1. The van der Waals surface area contributed by atoms with Crippen LogP contribution in [0.3, 0.4) is 0 Å². The van der Waals surface area contributed by atoms with Crippen molar-refractivity contribution >= 4 is 5.97 Å². The maximum atomic E-state index is 10.2. The summed E-state index contributed by atoms with van der Waals surface area (Å²) in [5.41, 5.74) is 0. The molecule has 0 bridgehead atoms. The molecule has 0 amide bonds. The first-order valence-corrected chi connectivity index (χ1v) is 3.13. The van der Waals surface area contributed by atoms with Crippen LogP contribution in [0.25, 0.3) is 0 Å². The molecule has 2 atom stereocenters. The number of carboxylic acid groups (broad SMARTS) is 1. The van der Waals surface area contributed by atoms with E-state index in [4.69, 9.17) is 10.2 Å². The van der Waals surface area contributed by atoms with Crippen LogP contribution >= 0.6 is 0 Å². The SMILES string of the molecule is C/C=C/[C@@H](O)[C@H](C)C(=O)O. The van der Waals surface area contributed by atoms with Crippen molar-refractivity contribution in [3.05, 3.63) is 12.2 Å². The molecule has 0 aliphatic heterocycles. The fourth-order valence-electron chi connectivity index (χ4n) is 0.510. The van der Waals surface area contributed by atoms with E-state index < -0.39 is 18.0 Å². The van der Waals surface area contributed by atoms with Gasteiger partial charge in [0.05, 0.1) is 12.0 Å². The lowest BCUT2D eigenvalue weighted by molar-refractivity contribution is -0.143. The second-order valence-corrected chi connectivity index (χ2v) is 2.14. The molecule has 0 aliphatic rings. The van der Waals surface area contributed by atoms with E-state index in [2.05, 4.69) is 0 Å². The molecule has 58 valence electrons. The molecule has 0 saturated heterocycles. The van der Waals surface area contributed by atoms with Crippen LogP contribution < -0.4 is 0 Å². The van der Waals surface area contributed by atoms with Crippen molar-refractivity contribution < 1.29 is 15.0 Å². The minimum Gasteiger partial charge on any atom is -0.481 e. The minimum absolute atomic E-state index is 0.726. The lowest BCUT2D eigenvalue weighted by Gasteiger charge is -2.08. The number of aliphatic carboxylic acids is 1. The number of allylic oxidation sites excluding steroid dienone is 1. The Bertz CT molecular complexity index is 140. The maximum Gasteiger partial charge on any atom is 0.309 e. The molecule has 0 unspecified atom stereocenters. The van der Waals surface area contributed by atoms with Crippen molar-refractivity contribution in [2.75, 3.05) is 0 Å². The zero-order valence-corrected chi connectivity index (χ0v) is 6.11. The van der Waals surface area contributed by atoms with E-state index in [1.807, 2.05) is 0 Å². The van der Waals surface area contributed by atoms with Gasteiger partial charge in [0, 0.05) is 0 Å². The van der Waals surface area contributed by atoms with Gasteiger partial charge >= 0.3 is 5.97 Å². The maximum absolute atomic E-state index is 10.2. The van der Waals surface area contributed by atoms with Crippen molar-refractivity contribution in [3.63, 3.8) is 0 Å². The molecule has 10 heavy (non-hydrogen) atoms. The topological polar surface area (TPSA) is 57.5 Å². The number of aliphatic hydroxyl groups excluding tert-OH is 1. The van der Waals surface area contributed by atoms with E-state index in [9.17, 15) is 4.79 Å². The number of rotatable bonds is 3. The van der Waals surface area contributed by atoms with Crippen LogP contribution in [0, 0.1) is 5.92 Å². The Morgan fingerprint density at radius 3 is 2.40 bits per heavy atom. The molecule has 0 saturated carbocycles. The molecule has 0 aromatic rings. The van der Waals surface area contributed by atoms with Crippen LogP contribution in [-0.4, -0.2) is 22.3 Å². The Kier molecular flexibility index (Phi) is 3.72. The Balaban J connectivity index is 3.93. The lowest BCUT2D eigenvalue weighted by Crippen LogP contribution is -2.23. The highest BCUT2D eigenvalue weighted by Crippen LogP contribution is 2.03. The van der Waals surface area contributed by atoms with Gasteiger partial charge in [-0.15, -0.1) is 0 Å². The highest BCUT2D eigenvalue weighted by molar-refractivity contribution is 5.70. The van der Waals surface area contributed by atoms with Gasteiger partial charge in [-0.3, -0.25) is 4.79 Å². The average molecular weight is 144 g/mol. The van der Waals surface area contributed by atoms with Gasteiger partial charge in [0.2, 0.25) is 0 Å². The van der Waals surface area contributed by atoms with Crippen LogP contribution in [0.15, 0.2) is 12.2 Å². The fraction of sp³-hybridized carbons (Fsp3) is 0.571. The molecule has 0 aromatic heterocycles. The standard InChI is InChI=1S/C7H12O3/c1-3-4-6(8)5(2)7(9)10/h3-6,8H,1-2H3,(H,9,10)/b4-3+/t5-,6+/m0/s1. The zero-order valence-electron chi connectivity index (χ0n) is 6.11. The summed E-state index contributed by atoms with van der Waals surface area (Å²) < 4.78 is 0. The van der Waals surface area contributed by atoms with Crippen LogP contribution in [0.5, 0.6) is 0 Å². The van der Waals surface area contributed by atoms with Gasteiger partial charge in [0.25, 0.3) is 0 Å². The highest BCUT2D eigenvalue weighted by Gasteiger charge is 2.17. The molecule has 0 rings (SSSR count). The second-order valence-electron chi connectivity index (χ2n) is 2.14. The molecule has 3 heteroatoms. The molecule has 0 heterocycles. The Hall–Kier alpha value is -0.830. The van der Waals surface area contributed by atoms with Gasteiger partial charge in [0.1, 0.15) is 0 Å². The Labute approximate surface area is 60.0 Å². The van der Waals surface area contributed by atoms with Gasteiger partial charge in [0.15, 0.2) is 0 Å². The fourth-order valence-corrected chi connectivity index (χ4v) is 0.510. The van der Waals surface area contributed by atoms with Crippen molar-refractivity contribution in [2.24, 2.45) is 5.92 Å². The number of hydrogen-bond acceptors (Lipinski definition) is 2. The van der Waals surface area contributed by atoms with Crippen LogP contribution in [0.4, 0.5) is 0 Å².